The van der Waals surface area contributed by atoms with Gasteiger partial charge in [-0.1, -0.05) is 12.8 Å². The number of hydrogen-bond donors (Lipinski definition) is 0. The molecule has 4 heteroatoms. The second-order valence-corrected chi connectivity index (χ2v) is 5.15. The van der Waals surface area contributed by atoms with Crippen LogP contribution in [0, 0.1) is 0 Å². The van der Waals surface area contributed by atoms with Crippen LogP contribution in [0.4, 0.5) is 0 Å². The van der Waals surface area contributed by atoms with Crippen LogP contribution < -0.4 is 5.46 Å². The van der Waals surface area contributed by atoms with Crippen molar-refractivity contribution in [1.29, 1.82) is 0 Å². The van der Waals surface area contributed by atoms with Crippen molar-refractivity contribution in [1.82, 2.24) is 0 Å². The Kier molecular flexibility index (Phi) is 6.12. The van der Waals surface area contributed by atoms with Gasteiger partial charge in [0.15, 0.2) is 0 Å². The third-order valence-corrected chi connectivity index (χ3v) is 3.75. The van der Waals surface area contributed by atoms with E-state index in [0.717, 1.165) is 0 Å². The van der Waals surface area contributed by atoms with Gasteiger partial charge in [-0.25, -0.2) is 18.2 Å². The quantitative estimate of drug-likeness (QED) is 0.596. The summed E-state index contributed by atoms with van der Waals surface area (Å²) in [7, 11) is -0.0990. The van der Waals surface area contributed by atoms with E-state index in [2.05, 4.69) is 12.1 Å². The Hall–Kier alpha value is -0.796. The van der Waals surface area contributed by atoms with E-state index < -0.39 is 0 Å². The molecular weight excluding hydrogens is 291 g/mol. The summed E-state index contributed by atoms with van der Waals surface area (Å²) in [5.41, 5.74) is 1.17. The molecule has 0 radical (unpaired) electrons. The molecule has 0 amide bonds. The summed E-state index contributed by atoms with van der Waals surface area (Å²) in [6, 6.07) is 18.2. The van der Waals surface area contributed by atoms with E-state index in [9.17, 15) is 0 Å². The fourth-order valence-corrected chi connectivity index (χ4v) is 2.75. The second-order valence-electron chi connectivity index (χ2n) is 5.15. The van der Waals surface area contributed by atoms with Crippen LogP contribution in [0.3, 0.4) is 0 Å². The van der Waals surface area contributed by atoms with Gasteiger partial charge in [-0.05, 0) is 12.8 Å². The van der Waals surface area contributed by atoms with Crippen molar-refractivity contribution in [2.45, 2.75) is 37.9 Å². The van der Waals surface area contributed by atoms with Gasteiger partial charge in [0.1, 0.15) is 0 Å². The first-order chi connectivity index (χ1) is 9.43. The van der Waals surface area contributed by atoms with Crippen molar-refractivity contribution in [3.05, 3.63) is 54.6 Å². The summed E-state index contributed by atoms with van der Waals surface area (Å²) >= 11 is 0. The molecule has 1 aliphatic carbocycles. The van der Waals surface area contributed by atoms with Crippen molar-refractivity contribution in [3.8, 4) is 0 Å². The Bertz CT molecular complexity index is 424. The monoisotopic (exact) mass is 310 g/mol. The Morgan fingerprint density at radius 2 is 1.60 bits per heavy atom. The average Bonchev–Trinajstić information content (AvgIpc) is 3.20. The van der Waals surface area contributed by atoms with Crippen molar-refractivity contribution in [2.75, 3.05) is 0 Å². The van der Waals surface area contributed by atoms with Gasteiger partial charge >= 0.3 is 7.12 Å². The van der Waals surface area contributed by atoms with Crippen LogP contribution in [0.15, 0.2) is 54.6 Å². The van der Waals surface area contributed by atoms with Crippen LogP contribution in [0.25, 0.3) is 0 Å². The molecule has 2 atom stereocenters. The minimum Gasteiger partial charge on any atom is -0.413 e. The summed E-state index contributed by atoms with van der Waals surface area (Å²) in [6.45, 7) is 0. The zero-order valence-electron chi connectivity index (χ0n) is 11.4. The van der Waals surface area contributed by atoms with E-state index in [0.29, 0.717) is 12.2 Å². The van der Waals surface area contributed by atoms with Gasteiger partial charge in [0.2, 0.25) is 0 Å². The predicted octanol–water partition coefficient (Wildman–Crippen LogP) is 2.86. The molecule has 1 saturated heterocycles. The maximum atomic E-state index is 5.89. The molecule has 0 bridgehead atoms. The molecule has 4 rings (SSSR count). The topological polar surface area (TPSA) is 18.5 Å². The first-order valence-corrected chi connectivity index (χ1v) is 7.13. The standard InChI is InChI=1S/C11H14BO2.C5H5.Fe/c1-2-6-9(5-1)12-13-10-7-3-4-8-11(10)14-12;1-2-4-5-3-1;/h1-2,5-6,10-11H,3-4,7-8H2;1-5H;/q2*-1;/t10-,11-;;/m0../s1. The fourth-order valence-electron chi connectivity index (χ4n) is 2.75. The molecule has 0 unspecified atom stereocenters. The minimum atomic E-state index is -0.0990. The molecule has 20 heavy (non-hydrogen) atoms. The Morgan fingerprint density at radius 1 is 0.950 bits per heavy atom. The Morgan fingerprint density at radius 3 is 2.05 bits per heavy atom. The van der Waals surface area contributed by atoms with Crippen LogP contribution in [0.5, 0.6) is 0 Å². The first kappa shape index (κ1) is 15.6. The maximum Gasteiger partial charge on any atom is 0.406 e. The van der Waals surface area contributed by atoms with Crippen molar-refractivity contribution >= 4 is 12.6 Å². The molecule has 0 spiro atoms. The fraction of sp³-hybridized carbons (Fsp3) is 0.375. The molecule has 108 valence electrons. The van der Waals surface area contributed by atoms with E-state index >= 15 is 0 Å². The maximum absolute atomic E-state index is 5.89. The van der Waals surface area contributed by atoms with Gasteiger partial charge in [0.25, 0.3) is 0 Å². The third kappa shape index (κ3) is 3.86. The average molecular weight is 310 g/mol. The summed E-state index contributed by atoms with van der Waals surface area (Å²) in [6.07, 6.45) is 5.62. The zero-order chi connectivity index (χ0) is 12.9. The smallest absolute Gasteiger partial charge is 0.406 e. The van der Waals surface area contributed by atoms with Gasteiger partial charge in [-0.2, -0.15) is 41.9 Å². The molecule has 0 aromatic heterocycles. The SMILES string of the molecule is [Fe].c1cc(B2O[C@H]3CCCC[C@@H]3O2)c[cH-]1.c1cc[cH-]c1. The van der Waals surface area contributed by atoms with Gasteiger partial charge in [-0.15, -0.1) is 0 Å². The van der Waals surface area contributed by atoms with E-state index in [-0.39, 0.29) is 24.2 Å². The van der Waals surface area contributed by atoms with Crippen LogP contribution in [-0.4, -0.2) is 19.3 Å². The van der Waals surface area contributed by atoms with Gasteiger partial charge in [0, 0.05) is 17.1 Å². The summed E-state index contributed by atoms with van der Waals surface area (Å²) < 4.78 is 11.8. The molecular formula is C16H19BFeO2-2. The van der Waals surface area contributed by atoms with Gasteiger partial charge < -0.3 is 9.31 Å². The molecule has 1 aliphatic heterocycles. The molecule has 1 heterocycles. The third-order valence-electron chi connectivity index (χ3n) is 3.75. The molecule has 1 saturated carbocycles. The van der Waals surface area contributed by atoms with Crippen LogP contribution in [0.1, 0.15) is 25.7 Å². The van der Waals surface area contributed by atoms with Crippen molar-refractivity contribution in [3.63, 3.8) is 0 Å². The molecule has 2 nitrogen and oxygen atoms in total. The van der Waals surface area contributed by atoms with E-state index in [1.165, 1.54) is 31.1 Å². The van der Waals surface area contributed by atoms with Crippen LogP contribution in [0.2, 0.25) is 0 Å². The normalized spacial score (nSPS) is 24.3. The summed E-state index contributed by atoms with van der Waals surface area (Å²) in [4.78, 5) is 0. The van der Waals surface area contributed by atoms with Crippen LogP contribution in [-0.2, 0) is 26.4 Å². The summed E-state index contributed by atoms with van der Waals surface area (Å²) in [5.74, 6) is 0. The van der Waals surface area contributed by atoms with E-state index in [1.807, 2.05) is 42.5 Å². The number of hydrogen-bond acceptors (Lipinski definition) is 2. The molecule has 0 N–H and O–H groups in total. The molecule has 2 aromatic carbocycles. The van der Waals surface area contributed by atoms with Gasteiger partial charge in [-0.3, -0.25) is 0 Å². The zero-order valence-corrected chi connectivity index (χ0v) is 12.5. The second kappa shape index (κ2) is 7.85. The number of fused-ring (bicyclic) bond motifs is 1. The Labute approximate surface area is 131 Å². The predicted molar refractivity (Wildman–Crippen MR) is 77.7 cm³/mol. The Balaban J connectivity index is 0.000000210. The van der Waals surface area contributed by atoms with Crippen molar-refractivity contribution in [2.24, 2.45) is 0 Å². The molecule has 2 aliphatic rings. The van der Waals surface area contributed by atoms with E-state index in [1.54, 1.807) is 0 Å². The molecule has 2 aromatic rings. The van der Waals surface area contributed by atoms with Crippen LogP contribution >= 0.6 is 0 Å². The first-order valence-electron chi connectivity index (χ1n) is 7.13. The number of rotatable bonds is 1. The van der Waals surface area contributed by atoms with Gasteiger partial charge in [0.05, 0.1) is 12.2 Å². The minimum absolute atomic E-state index is 0. The van der Waals surface area contributed by atoms with E-state index in [4.69, 9.17) is 9.31 Å². The summed E-state index contributed by atoms with van der Waals surface area (Å²) in [5, 5.41) is 0. The van der Waals surface area contributed by atoms with Crippen molar-refractivity contribution < 1.29 is 26.4 Å². The largest absolute Gasteiger partial charge is 0.413 e. The molecule has 2 fully saturated rings.